The summed E-state index contributed by atoms with van der Waals surface area (Å²) in [5.74, 6) is 0.490. The van der Waals surface area contributed by atoms with Gasteiger partial charge in [-0.1, -0.05) is 65.9 Å². The zero-order chi connectivity index (χ0) is 14.5. The molecule has 0 aliphatic carbocycles. The van der Waals surface area contributed by atoms with E-state index in [1.807, 2.05) is 0 Å². The lowest BCUT2D eigenvalue weighted by molar-refractivity contribution is -0.139. The van der Waals surface area contributed by atoms with E-state index >= 15 is 0 Å². The van der Waals surface area contributed by atoms with Gasteiger partial charge in [0.15, 0.2) is 0 Å². The molecule has 0 aliphatic rings. The summed E-state index contributed by atoms with van der Waals surface area (Å²) in [6.45, 7) is 11.0. The maximum Gasteiger partial charge on any atom is 0.333 e. The van der Waals surface area contributed by atoms with E-state index in [2.05, 4.69) is 27.4 Å². The van der Waals surface area contributed by atoms with E-state index in [0.29, 0.717) is 18.1 Å². The molecule has 0 unspecified atom stereocenters. The molecule has 0 rings (SSSR count). The highest BCUT2D eigenvalue weighted by atomic mass is 16.5. The molecule has 0 heterocycles. The first-order valence-corrected chi connectivity index (χ1v) is 7.92. The second-order valence-corrected chi connectivity index (χ2v) is 5.79. The monoisotopic (exact) mass is 268 g/mol. The van der Waals surface area contributed by atoms with E-state index in [-0.39, 0.29) is 5.97 Å². The molecular weight excluding hydrogens is 236 g/mol. The molecule has 0 bridgehead atoms. The Morgan fingerprint density at radius 1 is 1.05 bits per heavy atom. The van der Waals surface area contributed by atoms with E-state index in [4.69, 9.17) is 4.74 Å². The summed E-state index contributed by atoms with van der Waals surface area (Å²) in [6, 6.07) is 0. The molecule has 0 spiro atoms. The first kappa shape index (κ1) is 18.2. The van der Waals surface area contributed by atoms with Crippen molar-refractivity contribution < 1.29 is 9.53 Å². The second-order valence-electron chi connectivity index (χ2n) is 5.79. The fourth-order valence-corrected chi connectivity index (χ4v) is 1.98. The van der Waals surface area contributed by atoms with Crippen molar-refractivity contribution in [1.29, 1.82) is 0 Å². The van der Waals surface area contributed by atoms with Crippen LogP contribution in [0.2, 0.25) is 0 Å². The molecule has 112 valence electrons. The van der Waals surface area contributed by atoms with Crippen molar-refractivity contribution in [3.05, 3.63) is 12.2 Å². The summed E-state index contributed by atoms with van der Waals surface area (Å²) in [6.07, 6.45) is 10.2. The quantitative estimate of drug-likeness (QED) is 0.274. The second kappa shape index (κ2) is 12.3. The number of rotatable bonds is 12. The van der Waals surface area contributed by atoms with Gasteiger partial charge < -0.3 is 4.74 Å². The third-order valence-electron chi connectivity index (χ3n) is 3.28. The number of esters is 1. The lowest BCUT2D eigenvalue weighted by atomic mass is 10.0. The molecule has 0 fully saturated rings. The van der Waals surface area contributed by atoms with E-state index in [9.17, 15) is 4.79 Å². The van der Waals surface area contributed by atoms with Gasteiger partial charge in [0, 0.05) is 5.57 Å². The van der Waals surface area contributed by atoms with E-state index in [1.54, 1.807) is 0 Å². The Morgan fingerprint density at radius 3 is 2.32 bits per heavy atom. The van der Waals surface area contributed by atoms with Crippen molar-refractivity contribution in [2.45, 2.75) is 78.6 Å². The van der Waals surface area contributed by atoms with Crippen LogP contribution >= 0.6 is 0 Å². The Bertz CT molecular complexity index is 244. The molecule has 0 atom stereocenters. The van der Waals surface area contributed by atoms with Crippen LogP contribution in [0, 0.1) is 5.92 Å². The molecule has 0 aliphatic heterocycles. The van der Waals surface area contributed by atoms with Crippen LogP contribution in [0.4, 0.5) is 0 Å². The first-order chi connectivity index (χ1) is 9.07. The smallest absolute Gasteiger partial charge is 0.333 e. The standard InChI is InChI=1S/C17H32O2/c1-5-6-7-8-9-10-14-19-17(18)16(4)13-11-12-15(2)3/h15H,4-14H2,1-3H3. The minimum atomic E-state index is -0.197. The van der Waals surface area contributed by atoms with Gasteiger partial charge in [-0.25, -0.2) is 4.79 Å². The maximum absolute atomic E-state index is 11.6. The third kappa shape index (κ3) is 12.0. The van der Waals surface area contributed by atoms with Crippen LogP contribution in [0.1, 0.15) is 78.6 Å². The Morgan fingerprint density at radius 2 is 1.68 bits per heavy atom. The number of ether oxygens (including phenoxy) is 1. The van der Waals surface area contributed by atoms with Gasteiger partial charge >= 0.3 is 5.97 Å². The molecule has 2 heteroatoms. The van der Waals surface area contributed by atoms with Crippen LogP contribution in [0.25, 0.3) is 0 Å². The Balaban J connectivity index is 3.44. The van der Waals surface area contributed by atoms with Crippen molar-refractivity contribution in [3.8, 4) is 0 Å². The number of hydrogen-bond donors (Lipinski definition) is 0. The molecule has 0 aromatic rings. The van der Waals surface area contributed by atoms with Crippen LogP contribution in [0.15, 0.2) is 12.2 Å². The number of carbonyl (C=O) groups is 1. The topological polar surface area (TPSA) is 26.3 Å². The zero-order valence-electron chi connectivity index (χ0n) is 13.2. The fraction of sp³-hybridized carbons (Fsp3) is 0.824. The largest absolute Gasteiger partial charge is 0.462 e. The van der Waals surface area contributed by atoms with Gasteiger partial charge in [0.25, 0.3) is 0 Å². The highest BCUT2D eigenvalue weighted by Crippen LogP contribution is 2.12. The summed E-state index contributed by atoms with van der Waals surface area (Å²) in [4.78, 5) is 11.6. The van der Waals surface area contributed by atoms with Crippen LogP contribution in [0.3, 0.4) is 0 Å². The first-order valence-electron chi connectivity index (χ1n) is 7.92. The van der Waals surface area contributed by atoms with Gasteiger partial charge in [0.1, 0.15) is 0 Å². The number of hydrogen-bond acceptors (Lipinski definition) is 2. The van der Waals surface area contributed by atoms with Gasteiger partial charge in [0.2, 0.25) is 0 Å². The van der Waals surface area contributed by atoms with Crippen LogP contribution < -0.4 is 0 Å². The van der Waals surface area contributed by atoms with Gasteiger partial charge in [0.05, 0.1) is 6.61 Å². The molecule has 19 heavy (non-hydrogen) atoms. The fourth-order valence-electron chi connectivity index (χ4n) is 1.98. The third-order valence-corrected chi connectivity index (χ3v) is 3.28. The molecule has 2 nitrogen and oxygen atoms in total. The van der Waals surface area contributed by atoms with Crippen LogP contribution in [0.5, 0.6) is 0 Å². The highest BCUT2D eigenvalue weighted by molar-refractivity contribution is 5.87. The minimum absolute atomic E-state index is 0.197. The molecule has 0 N–H and O–H groups in total. The lowest BCUT2D eigenvalue weighted by Gasteiger charge is -2.08. The van der Waals surface area contributed by atoms with Crippen molar-refractivity contribution >= 4 is 5.97 Å². The van der Waals surface area contributed by atoms with E-state index in [0.717, 1.165) is 32.1 Å². The minimum Gasteiger partial charge on any atom is -0.462 e. The SMILES string of the molecule is C=C(CCCC(C)C)C(=O)OCCCCCCCC. The van der Waals surface area contributed by atoms with Gasteiger partial charge in [-0.2, -0.15) is 0 Å². The van der Waals surface area contributed by atoms with Gasteiger partial charge in [-0.15, -0.1) is 0 Å². The van der Waals surface area contributed by atoms with Crippen LogP contribution in [-0.2, 0) is 9.53 Å². The number of unbranched alkanes of at least 4 members (excludes halogenated alkanes) is 5. The normalized spacial score (nSPS) is 10.7. The Labute approximate surface area is 119 Å². The Kier molecular flexibility index (Phi) is 11.7. The average molecular weight is 268 g/mol. The molecule has 0 aromatic carbocycles. The average Bonchev–Trinajstić information content (AvgIpc) is 2.36. The summed E-state index contributed by atoms with van der Waals surface area (Å²) in [5.41, 5.74) is 0.631. The van der Waals surface area contributed by atoms with Crippen molar-refractivity contribution in [3.63, 3.8) is 0 Å². The van der Waals surface area contributed by atoms with Gasteiger partial charge in [-0.05, 0) is 25.2 Å². The van der Waals surface area contributed by atoms with Crippen molar-refractivity contribution in [2.75, 3.05) is 6.61 Å². The number of carbonyl (C=O) groups excluding carboxylic acids is 1. The highest BCUT2D eigenvalue weighted by Gasteiger charge is 2.08. The summed E-state index contributed by atoms with van der Waals surface area (Å²) in [7, 11) is 0. The van der Waals surface area contributed by atoms with E-state index in [1.165, 1.54) is 25.7 Å². The Hall–Kier alpha value is -0.790. The maximum atomic E-state index is 11.6. The molecule has 0 saturated heterocycles. The van der Waals surface area contributed by atoms with Crippen molar-refractivity contribution in [1.82, 2.24) is 0 Å². The van der Waals surface area contributed by atoms with Gasteiger partial charge in [-0.3, -0.25) is 0 Å². The van der Waals surface area contributed by atoms with E-state index < -0.39 is 0 Å². The molecule has 0 radical (unpaired) electrons. The summed E-state index contributed by atoms with van der Waals surface area (Å²) >= 11 is 0. The van der Waals surface area contributed by atoms with Crippen LogP contribution in [-0.4, -0.2) is 12.6 Å². The summed E-state index contributed by atoms with van der Waals surface area (Å²) in [5, 5.41) is 0. The molecule has 0 saturated carbocycles. The lowest BCUT2D eigenvalue weighted by Crippen LogP contribution is -2.08. The summed E-state index contributed by atoms with van der Waals surface area (Å²) < 4.78 is 5.23. The van der Waals surface area contributed by atoms with Crippen molar-refractivity contribution in [2.24, 2.45) is 5.92 Å². The molecular formula is C17H32O2. The zero-order valence-corrected chi connectivity index (χ0v) is 13.2. The molecule has 0 amide bonds. The predicted molar refractivity (Wildman–Crippen MR) is 82.2 cm³/mol. The predicted octanol–water partition coefficient (Wildman–Crippen LogP) is 5.27. The molecule has 0 aromatic heterocycles.